The monoisotopic (exact) mass is 210 g/mol. The van der Waals surface area contributed by atoms with Crippen molar-refractivity contribution in [1.29, 1.82) is 0 Å². The summed E-state index contributed by atoms with van der Waals surface area (Å²) in [6.07, 6.45) is 7.09. The number of allylic oxidation sites excluding steroid dienone is 1. The van der Waals surface area contributed by atoms with E-state index >= 15 is 0 Å². The number of aliphatic hydroxyl groups excluding tert-OH is 1. The number of hydrogen-bond donors (Lipinski definition) is 1. The maximum Gasteiger partial charge on any atom is 0.0431 e. The summed E-state index contributed by atoms with van der Waals surface area (Å²) in [6, 6.07) is 7.76. The van der Waals surface area contributed by atoms with Crippen molar-refractivity contribution in [2.24, 2.45) is 0 Å². The van der Waals surface area contributed by atoms with Crippen molar-refractivity contribution in [3.05, 3.63) is 40.9 Å². The van der Waals surface area contributed by atoms with E-state index in [9.17, 15) is 0 Å². The van der Waals surface area contributed by atoms with E-state index < -0.39 is 0 Å². The van der Waals surface area contributed by atoms with E-state index in [-0.39, 0.29) is 6.61 Å². The molecule has 0 saturated heterocycles. The molecule has 0 unspecified atom stereocenters. The lowest BCUT2D eigenvalue weighted by molar-refractivity contribution is 0.285. The Labute approximate surface area is 90.0 Å². The molecule has 0 aliphatic heterocycles. The van der Waals surface area contributed by atoms with Crippen molar-refractivity contribution in [1.82, 2.24) is 0 Å². The van der Waals surface area contributed by atoms with E-state index in [1.54, 1.807) is 0 Å². The second-order valence-corrected chi connectivity index (χ2v) is 3.61. The zero-order chi connectivity index (χ0) is 10.2. The second kappa shape index (κ2) is 6.63. The molecule has 1 N–H and O–H groups in total. The number of aliphatic hydroxyl groups is 1. The van der Waals surface area contributed by atoms with Crippen LogP contribution in [-0.2, 0) is 0 Å². The normalized spacial score (nSPS) is 11.0. The van der Waals surface area contributed by atoms with Gasteiger partial charge in [0.25, 0.3) is 0 Å². The summed E-state index contributed by atoms with van der Waals surface area (Å²) in [4.78, 5) is 0. The number of rotatable bonds is 5. The van der Waals surface area contributed by atoms with Crippen LogP contribution >= 0.6 is 11.6 Å². The molecular formula is C12H15ClO. The van der Waals surface area contributed by atoms with Crippen LogP contribution in [0.2, 0.25) is 5.02 Å². The summed E-state index contributed by atoms with van der Waals surface area (Å²) < 4.78 is 0. The summed E-state index contributed by atoms with van der Waals surface area (Å²) in [5.74, 6) is 0. The van der Waals surface area contributed by atoms with Gasteiger partial charge in [-0.2, -0.15) is 0 Å². The van der Waals surface area contributed by atoms with Crippen molar-refractivity contribution in [2.45, 2.75) is 19.3 Å². The summed E-state index contributed by atoms with van der Waals surface area (Å²) in [7, 11) is 0. The lowest BCUT2D eigenvalue weighted by Crippen LogP contribution is -1.80. The molecule has 0 atom stereocenters. The summed E-state index contributed by atoms with van der Waals surface area (Å²) in [6.45, 7) is 0.283. The molecule has 14 heavy (non-hydrogen) atoms. The van der Waals surface area contributed by atoms with Crippen LogP contribution in [-0.4, -0.2) is 11.7 Å². The predicted octanol–water partition coefficient (Wildman–Crippen LogP) is 3.52. The van der Waals surface area contributed by atoms with Crippen molar-refractivity contribution in [3.8, 4) is 0 Å². The Morgan fingerprint density at radius 2 is 2.14 bits per heavy atom. The minimum atomic E-state index is 0.283. The number of benzene rings is 1. The van der Waals surface area contributed by atoms with Crippen molar-refractivity contribution in [3.63, 3.8) is 0 Å². The first-order chi connectivity index (χ1) is 6.83. The minimum Gasteiger partial charge on any atom is -0.396 e. The topological polar surface area (TPSA) is 20.2 Å². The summed E-state index contributed by atoms with van der Waals surface area (Å²) in [5, 5.41) is 9.34. The van der Waals surface area contributed by atoms with E-state index in [0.29, 0.717) is 0 Å². The molecule has 1 aromatic carbocycles. The Morgan fingerprint density at radius 1 is 1.29 bits per heavy atom. The number of hydrogen-bond acceptors (Lipinski definition) is 1. The van der Waals surface area contributed by atoms with Gasteiger partial charge in [-0.1, -0.05) is 35.9 Å². The maximum absolute atomic E-state index is 8.58. The van der Waals surface area contributed by atoms with E-state index in [1.807, 2.05) is 24.3 Å². The van der Waals surface area contributed by atoms with Crippen LogP contribution in [0, 0.1) is 0 Å². The Bertz CT molecular complexity index is 294. The molecule has 0 aliphatic rings. The van der Waals surface area contributed by atoms with Crippen LogP contribution in [0.4, 0.5) is 0 Å². The van der Waals surface area contributed by atoms with Crippen LogP contribution in [0.5, 0.6) is 0 Å². The Hall–Kier alpha value is -0.790. The second-order valence-electron chi connectivity index (χ2n) is 3.18. The van der Waals surface area contributed by atoms with Crippen molar-refractivity contribution in [2.75, 3.05) is 6.61 Å². The molecule has 1 aromatic rings. The van der Waals surface area contributed by atoms with Gasteiger partial charge in [-0.25, -0.2) is 0 Å². The highest BCUT2D eigenvalue weighted by Gasteiger charge is 1.88. The standard InChI is InChI=1S/C12H15ClO/c13-12-8-5-7-11(10-12)6-3-1-2-4-9-14/h3,5-8,10,14H,1-2,4,9H2/b6-3+. The molecule has 1 rings (SSSR count). The fraction of sp³-hybridized carbons (Fsp3) is 0.333. The third-order valence-electron chi connectivity index (χ3n) is 1.94. The molecule has 0 saturated carbocycles. The Morgan fingerprint density at radius 3 is 2.86 bits per heavy atom. The highest BCUT2D eigenvalue weighted by Crippen LogP contribution is 2.12. The van der Waals surface area contributed by atoms with Crippen molar-refractivity contribution < 1.29 is 5.11 Å². The zero-order valence-corrected chi connectivity index (χ0v) is 8.87. The van der Waals surface area contributed by atoms with Crippen LogP contribution in [0.15, 0.2) is 30.3 Å². The first kappa shape index (κ1) is 11.3. The highest BCUT2D eigenvalue weighted by molar-refractivity contribution is 6.30. The lowest BCUT2D eigenvalue weighted by atomic mass is 10.1. The molecule has 1 nitrogen and oxygen atoms in total. The van der Waals surface area contributed by atoms with Crippen LogP contribution in [0.25, 0.3) is 6.08 Å². The SMILES string of the molecule is OCCCC/C=C/c1cccc(Cl)c1. The zero-order valence-electron chi connectivity index (χ0n) is 8.12. The third-order valence-corrected chi connectivity index (χ3v) is 2.17. The fourth-order valence-electron chi connectivity index (χ4n) is 1.20. The van der Waals surface area contributed by atoms with Crippen molar-refractivity contribution >= 4 is 17.7 Å². The van der Waals surface area contributed by atoms with Gasteiger partial charge in [0.15, 0.2) is 0 Å². The highest BCUT2D eigenvalue weighted by atomic mass is 35.5. The Balaban J connectivity index is 2.36. The summed E-state index contributed by atoms with van der Waals surface area (Å²) in [5.41, 5.74) is 1.13. The van der Waals surface area contributed by atoms with Gasteiger partial charge < -0.3 is 5.11 Å². The third kappa shape index (κ3) is 4.45. The van der Waals surface area contributed by atoms with Gasteiger partial charge >= 0.3 is 0 Å². The molecule has 0 aliphatic carbocycles. The van der Waals surface area contributed by atoms with E-state index in [1.165, 1.54) is 0 Å². The predicted molar refractivity (Wildman–Crippen MR) is 61.4 cm³/mol. The van der Waals surface area contributed by atoms with Gasteiger partial charge in [-0.15, -0.1) is 0 Å². The number of halogens is 1. The van der Waals surface area contributed by atoms with Gasteiger partial charge in [0.1, 0.15) is 0 Å². The average Bonchev–Trinajstić information content (AvgIpc) is 2.18. The molecule has 76 valence electrons. The molecule has 2 heteroatoms. The fourth-order valence-corrected chi connectivity index (χ4v) is 1.40. The van der Waals surface area contributed by atoms with Crippen LogP contribution in [0.1, 0.15) is 24.8 Å². The van der Waals surface area contributed by atoms with Crippen LogP contribution < -0.4 is 0 Å². The van der Waals surface area contributed by atoms with Gasteiger partial charge in [-0.3, -0.25) is 0 Å². The Kier molecular flexibility index (Phi) is 5.35. The van der Waals surface area contributed by atoms with Gasteiger partial charge in [0, 0.05) is 11.6 Å². The average molecular weight is 211 g/mol. The summed E-state index contributed by atoms with van der Waals surface area (Å²) >= 11 is 5.84. The molecule has 0 heterocycles. The van der Waals surface area contributed by atoms with Crippen LogP contribution in [0.3, 0.4) is 0 Å². The molecule has 0 fully saturated rings. The van der Waals surface area contributed by atoms with Gasteiger partial charge in [0.2, 0.25) is 0 Å². The van der Waals surface area contributed by atoms with Gasteiger partial charge in [0.05, 0.1) is 0 Å². The van der Waals surface area contributed by atoms with E-state index in [2.05, 4.69) is 12.2 Å². The number of unbranched alkanes of at least 4 members (excludes halogenated alkanes) is 2. The van der Waals surface area contributed by atoms with E-state index in [4.69, 9.17) is 16.7 Å². The quantitative estimate of drug-likeness (QED) is 0.738. The minimum absolute atomic E-state index is 0.283. The lowest BCUT2D eigenvalue weighted by Gasteiger charge is -1.94. The molecule has 0 aromatic heterocycles. The maximum atomic E-state index is 8.58. The first-order valence-electron chi connectivity index (χ1n) is 4.86. The smallest absolute Gasteiger partial charge is 0.0431 e. The molecule has 0 spiro atoms. The largest absolute Gasteiger partial charge is 0.396 e. The molecular weight excluding hydrogens is 196 g/mol. The molecule has 0 amide bonds. The molecule has 0 radical (unpaired) electrons. The van der Waals surface area contributed by atoms with E-state index in [0.717, 1.165) is 29.8 Å². The van der Waals surface area contributed by atoms with Gasteiger partial charge in [-0.05, 0) is 37.0 Å². The molecule has 0 bridgehead atoms. The first-order valence-corrected chi connectivity index (χ1v) is 5.23.